The number of para-hydroxylation sites is 2. The molecule has 0 amide bonds. The quantitative estimate of drug-likeness (QED) is 0.121. The highest BCUT2D eigenvalue weighted by Gasteiger charge is 2.21. The van der Waals surface area contributed by atoms with Crippen LogP contribution in [0.5, 0.6) is 0 Å². The summed E-state index contributed by atoms with van der Waals surface area (Å²) < 4.78 is 8.78. The van der Waals surface area contributed by atoms with Crippen LogP contribution in [0, 0.1) is 0 Å². The molecule has 10 aromatic carbocycles. The fourth-order valence-electron chi connectivity index (χ4n) is 10.1. The average molecular weight is 947 g/mol. The topological polar surface area (TPSA) is 56.7 Å². The Bertz CT molecular complexity index is 4270. The molecule has 0 saturated heterocycles. The maximum atomic E-state index is 6.37. The number of hydrogen-bond donors (Lipinski definition) is 0. The van der Waals surface area contributed by atoms with Crippen LogP contribution in [-0.4, -0.2) is 19.5 Å². The lowest BCUT2D eigenvalue weighted by Crippen LogP contribution is -2.04. The molecule has 348 valence electrons. The van der Waals surface area contributed by atoms with E-state index in [2.05, 4.69) is 217 Å². The van der Waals surface area contributed by atoms with Crippen LogP contribution >= 0.6 is 0 Å². The lowest BCUT2D eigenvalue weighted by atomic mass is 9.95. The highest BCUT2D eigenvalue weighted by atomic mass is 16.3. The number of benzene rings is 10. The standard InChI is InChI=1S/C69H46N4O/c1-46(67-70-68(54-24-12-5-13-25-54)72-69(71-67)56-38-40-59-58-27-15-17-29-65(58)74-66(59)45-56)42-60(53-36-34-52(35-37-53)49-20-8-3-9-21-49)64(43-47-30-32-51(33-31-47)48-18-6-2-7-19-48)73-62-28-16-14-26-57(62)61-44-55(39-41-63(61)73)50-22-10-4-11-23-50/h2-45H,1H2/b60-42-,64-43-. The molecule has 0 saturated carbocycles. The van der Waals surface area contributed by atoms with Crippen LogP contribution in [0.15, 0.2) is 272 Å². The van der Waals surface area contributed by atoms with Crippen molar-refractivity contribution in [1.29, 1.82) is 0 Å². The van der Waals surface area contributed by atoms with Gasteiger partial charge in [-0.15, -0.1) is 0 Å². The zero-order chi connectivity index (χ0) is 49.4. The average Bonchev–Trinajstić information content (AvgIpc) is 4.05. The minimum Gasteiger partial charge on any atom is -0.456 e. The van der Waals surface area contributed by atoms with Crippen LogP contribution < -0.4 is 0 Å². The third-order valence-electron chi connectivity index (χ3n) is 13.8. The predicted molar refractivity (Wildman–Crippen MR) is 308 cm³/mol. The van der Waals surface area contributed by atoms with E-state index in [9.17, 15) is 0 Å². The molecular weight excluding hydrogens is 901 g/mol. The summed E-state index contributed by atoms with van der Waals surface area (Å²) in [6.45, 7) is 4.81. The van der Waals surface area contributed by atoms with E-state index in [1.165, 1.54) is 11.1 Å². The van der Waals surface area contributed by atoms with Crippen molar-refractivity contribution in [1.82, 2.24) is 19.5 Å². The number of rotatable bonds is 11. The van der Waals surface area contributed by atoms with E-state index in [0.29, 0.717) is 23.0 Å². The molecule has 0 atom stereocenters. The van der Waals surface area contributed by atoms with Gasteiger partial charge in [0.25, 0.3) is 0 Å². The summed E-state index contributed by atoms with van der Waals surface area (Å²) in [6.07, 6.45) is 4.45. The van der Waals surface area contributed by atoms with E-state index in [4.69, 9.17) is 25.9 Å². The van der Waals surface area contributed by atoms with Crippen molar-refractivity contribution in [3.8, 4) is 56.2 Å². The number of allylic oxidation sites excluding steroid dienone is 4. The maximum Gasteiger partial charge on any atom is 0.164 e. The highest BCUT2D eigenvalue weighted by molar-refractivity contribution is 6.18. The van der Waals surface area contributed by atoms with Gasteiger partial charge in [0.05, 0.1) is 16.7 Å². The van der Waals surface area contributed by atoms with Crippen molar-refractivity contribution >= 4 is 66.7 Å². The normalized spacial score (nSPS) is 12.0. The smallest absolute Gasteiger partial charge is 0.164 e. The minimum atomic E-state index is 0.457. The van der Waals surface area contributed by atoms with Crippen LogP contribution in [0.4, 0.5) is 0 Å². The number of nitrogens with zero attached hydrogens (tertiary/aromatic N) is 4. The van der Waals surface area contributed by atoms with Crippen LogP contribution in [0.3, 0.4) is 0 Å². The Hall–Kier alpha value is -9.97. The van der Waals surface area contributed by atoms with Gasteiger partial charge >= 0.3 is 0 Å². The van der Waals surface area contributed by atoms with Crippen LogP contribution in [-0.2, 0) is 0 Å². The molecule has 74 heavy (non-hydrogen) atoms. The molecule has 0 unspecified atom stereocenters. The minimum absolute atomic E-state index is 0.457. The molecule has 13 rings (SSSR count). The van der Waals surface area contributed by atoms with Crippen LogP contribution in [0.1, 0.15) is 17.0 Å². The first-order valence-electron chi connectivity index (χ1n) is 24.8. The maximum absolute atomic E-state index is 6.37. The Kier molecular flexibility index (Phi) is 11.3. The van der Waals surface area contributed by atoms with Crippen molar-refractivity contribution in [2.75, 3.05) is 0 Å². The van der Waals surface area contributed by atoms with Gasteiger partial charge in [-0.1, -0.05) is 225 Å². The number of furan rings is 1. The zero-order valence-corrected chi connectivity index (χ0v) is 40.3. The summed E-state index contributed by atoms with van der Waals surface area (Å²) >= 11 is 0. The van der Waals surface area contributed by atoms with Gasteiger partial charge < -0.3 is 8.98 Å². The zero-order valence-electron chi connectivity index (χ0n) is 40.3. The third kappa shape index (κ3) is 8.38. The fourth-order valence-corrected chi connectivity index (χ4v) is 10.1. The highest BCUT2D eigenvalue weighted by Crippen LogP contribution is 2.41. The molecular formula is C69H46N4O. The SMILES string of the molecule is C=C(/C=C(\C(=C\c1ccc(-c2ccccc2)cc1)n1c2ccccc2c2cc(-c3ccccc3)ccc21)c1ccc(-c2ccccc2)cc1)c1nc(-c2ccccc2)nc(-c2ccc3c(c2)oc2ccccc23)n1. The molecule has 0 bridgehead atoms. The molecule has 5 nitrogen and oxygen atoms in total. The van der Waals surface area contributed by atoms with Gasteiger partial charge in [-0.3, -0.25) is 0 Å². The first-order valence-corrected chi connectivity index (χ1v) is 24.8. The molecule has 5 heteroatoms. The largest absolute Gasteiger partial charge is 0.456 e. The van der Waals surface area contributed by atoms with E-state index in [-0.39, 0.29) is 0 Å². The summed E-state index contributed by atoms with van der Waals surface area (Å²) in [7, 11) is 0. The van der Waals surface area contributed by atoms with Crippen molar-refractivity contribution in [2.24, 2.45) is 0 Å². The van der Waals surface area contributed by atoms with Crippen molar-refractivity contribution < 1.29 is 4.42 Å². The van der Waals surface area contributed by atoms with Crippen LogP contribution in [0.25, 0.3) is 123 Å². The van der Waals surface area contributed by atoms with E-state index in [1.54, 1.807) is 0 Å². The summed E-state index contributed by atoms with van der Waals surface area (Å²) in [5.74, 6) is 1.52. The van der Waals surface area contributed by atoms with Gasteiger partial charge in [0, 0.05) is 43.8 Å². The molecule has 3 heterocycles. The number of fused-ring (bicyclic) bond motifs is 6. The second-order valence-corrected chi connectivity index (χ2v) is 18.5. The number of hydrogen-bond acceptors (Lipinski definition) is 4. The van der Waals surface area contributed by atoms with Gasteiger partial charge in [-0.2, -0.15) is 0 Å². The van der Waals surface area contributed by atoms with E-state index < -0.39 is 0 Å². The summed E-state index contributed by atoms with van der Waals surface area (Å²) in [4.78, 5) is 15.5. The lowest BCUT2D eigenvalue weighted by Gasteiger charge is -2.19. The molecule has 0 aliphatic rings. The fraction of sp³-hybridized carbons (Fsp3) is 0. The van der Waals surface area contributed by atoms with E-state index in [1.807, 2.05) is 54.6 Å². The predicted octanol–water partition coefficient (Wildman–Crippen LogP) is 18.0. The molecule has 0 radical (unpaired) electrons. The summed E-state index contributed by atoms with van der Waals surface area (Å²) in [5.41, 5.74) is 16.9. The monoisotopic (exact) mass is 946 g/mol. The van der Waals surface area contributed by atoms with Gasteiger partial charge in [-0.25, -0.2) is 15.0 Å². The molecule has 3 aromatic heterocycles. The molecule has 0 fully saturated rings. The third-order valence-corrected chi connectivity index (χ3v) is 13.8. The van der Waals surface area contributed by atoms with Crippen molar-refractivity contribution in [2.45, 2.75) is 0 Å². The Labute approximate surface area is 429 Å². The van der Waals surface area contributed by atoms with Gasteiger partial charge in [0.2, 0.25) is 0 Å². The van der Waals surface area contributed by atoms with Gasteiger partial charge in [0.15, 0.2) is 17.5 Å². The Balaban J connectivity index is 1.04. The molecule has 13 aromatic rings. The van der Waals surface area contributed by atoms with Crippen LogP contribution in [0.2, 0.25) is 0 Å². The molecule has 0 aliphatic heterocycles. The lowest BCUT2D eigenvalue weighted by molar-refractivity contribution is 0.669. The Morgan fingerprint density at radius 3 is 1.53 bits per heavy atom. The summed E-state index contributed by atoms with van der Waals surface area (Å²) in [6, 6.07) is 89.1. The first kappa shape index (κ1) is 44.0. The Morgan fingerprint density at radius 2 is 0.865 bits per heavy atom. The second kappa shape index (κ2) is 19.0. The van der Waals surface area contributed by atoms with Crippen molar-refractivity contribution in [3.05, 3.63) is 284 Å². The van der Waals surface area contributed by atoms with E-state index in [0.717, 1.165) is 99.5 Å². The first-order chi connectivity index (χ1) is 36.6. The Morgan fingerprint density at radius 1 is 0.378 bits per heavy atom. The summed E-state index contributed by atoms with van der Waals surface area (Å²) in [5, 5.41) is 4.40. The van der Waals surface area contributed by atoms with Gasteiger partial charge in [0.1, 0.15) is 11.2 Å². The van der Waals surface area contributed by atoms with E-state index >= 15 is 0 Å². The molecule has 0 aliphatic carbocycles. The molecule has 0 N–H and O–H groups in total. The number of aromatic nitrogens is 4. The van der Waals surface area contributed by atoms with Crippen molar-refractivity contribution in [3.63, 3.8) is 0 Å². The van der Waals surface area contributed by atoms with Gasteiger partial charge in [-0.05, 0) is 93.1 Å². The second-order valence-electron chi connectivity index (χ2n) is 18.5. The molecule has 0 spiro atoms.